The van der Waals surface area contributed by atoms with E-state index in [0.717, 1.165) is 37.8 Å². The van der Waals surface area contributed by atoms with Crippen LogP contribution in [0, 0.1) is 17.8 Å². The molecule has 2 heterocycles. The zero-order valence-electron chi connectivity index (χ0n) is 46.6. The summed E-state index contributed by atoms with van der Waals surface area (Å²) in [6.45, 7) is 18.7. The summed E-state index contributed by atoms with van der Waals surface area (Å²) < 4.78 is 27.9. The first-order valence-electron chi connectivity index (χ1n) is 27.1. The van der Waals surface area contributed by atoms with Crippen molar-refractivity contribution in [2.75, 3.05) is 53.6 Å². The number of rotatable bonds is 35. The molecule has 1 fully saturated rings. The predicted molar refractivity (Wildman–Crippen MR) is 287 cm³/mol. The number of aliphatic hydroxyl groups is 1. The molecular formula is C55H90N6O13S. The second kappa shape index (κ2) is 34.1. The fraction of sp³-hybridized carbons (Fsp3) is 0.727. The second-order valence-corrected chi connectivity index (χ2v) is 21.3. The van der Waals surface area contributed by atoms with Crippen molar-refractivity contribution in [3.05, 3.63) is 45.9 Å². The smallest absolute Gasteiger partial charge is 0.309 e. The van der Waals surface area contributed by atoms with Gasteiger partial charge in [-0.1, -0.05) is 73.4 Å². The van der Waals surface area contributed by atoms with Crippen molar-refractivity contribution >= 4 is 46.9 Å². The number of phenols is 1. The van der Waals surface area contributed by atoms with Crippen LogP contribution < -0.4 is 16.0 Å². The monoisotopic (exact) mass is 1070 g/mol. The molecule has 75 heavy (non-hydrogen) atoms. The Morgan fingerprint density at radius 1 is 0.933 bits per heavy atom. The van der Waals surface area contributed by atoms with E-state index in [-0.39, 0.29) is 98.5 Å². The van der Waals surface area contributed by atoms with Crippen LogP contribution >= 0.6 is 11.3 Å². The van der Waals surface area contributed by atoms with Gasteiger partial charge in [0, 0.05) is 57.0 Å². The van der Waals surface area contributed by atoms with Gasteiger partial charge in [-0.3, -0.25) is 33.7 Å². The number of carbonyl (C=O) groups excluding carboxylic acids is 6. The van der Waals surface area contributed by atoms with Crippen molar-refractivity contribution in [2.24, 2.45) is 17.8 Å². The van der Waals surface area contributed by atoms with E-state index in [2.05, 4.69) is 34.7 Å². The number of nitrogens with one attached hydrogen (secondary N) is 3. The lowest BCUT2D eigenvalue weighted by molar-refractivity contribution is -0.191. The minimum Gasteiger partial charge on any atom is -0.508 e. The van der Waals surface area contributed by atoms with Crippen LogP contribution in [0.4, 0.5) is 0 Å². The number of likely N-dealkylation sites (N-methyl/N-ethyl adjacent to an activating group) is 1. The molecule has 0 spiro atoms. The fourth-order valence-corrected chi connectivity index (χ4v) is 9.76. The number of thiazole rings is 1. The summed E-state index contributed by atoms with van der Waals surface area (Å²) in [5, 5.41) is 30.4. The number of aliphatic hydroxyl groups excluding tert-OH is 1. The van der Waals surface area contributed by atoms with Crippen LogP contribution in [-0.2, 0) is 54.1 Å². The Kier molecular flexibility index (Phi) is 29.4. The number of piperidine rings is 1. The van der Waals surface area contributed by atoms with Crippen LogP contribution in [-0.4, -0.2) is 157 Å². The average molecular weight is 1080 g/mol. The van der Waals surface area contributed by atoms with Gasteiger partial charge in [0.05, 0.1) is 31.2 Å². The van der Waals surface area contributed by atoms with Gasteiger partial charge in [0.2, 0.25) is 17.7 Å². The molecule has 1 aromatic carbocycles. The SMILES string of the molecule is CCCO[C@H](C[C@H](C(C)C)N(CCC)C(=O)[C@@H](NC(=O)[C@H]1CCCCN1C)[C@@H](C)CC)c1nc(C(=O)N[C@@H](Cc2ccc(O)cc2)C[C@H](C)C(=O)OC(C)CNC(=O)CCCC(=O)OCC(OC)OC(C)CO)cs1. The number of methoxy groups -OCH3 is 1. The van der Waals surface area contributed by atoms with Crippen LogP contribution in [0.3, 0.4) is 0 Å². The molecule has 3 rings (SSSR count). The van der Waals surface area contributed by atoms with Gasteiger partial charge in [0.15, 0.2) is 6.29 Å². The number of phenolic OH excluding ortho intramolecular Hbond substituents is 1. The molecule has 1 aliphatic heterocycles. The molecule has 0 aliphatic carbocycles. The van der Waals surface area contributed by atoms with Gasteiger partial charge in [-0.25, -0.2) is 4.98 Å². The molecule has 5 N–H and O–H groups in total. The highest BCUT2D eigenvalue weighted by Crippen LogP contribution is 2.32. The van der Waals surface area contributed by atoms with E-state index in [0.29, 0.717) is 43.8 Å². The van der Waals surface area contributed by atoms with Gasteiger partial charge in [-0.05, 0) is 102 Å². The maximum absolute atomic E-state index is 14.8. The maximum Gasteiger partial charge on any atom is 0.309 e. The lowest BCUT2D eigenvalue weighted by Gasteiger charge is -2.40. The molecular weight excluding hydrogens is 985 g/mol. The lowest BCUT2D eigenvalue weighted by atomic mass is 9.92. The fourth-order valence-electron chi connectivity index (χ4n) is 8.90. The van der Waals surface area contributed by atoms with Crippen molar-refractivity contribution in [3.8, 4) is 5.75 Å². The number of hydrogen-bond acceptors (Lipinski definition) is 16. The summed E-state index contributed by atoms with van der Waals surface area (Å²) in [6.07, 6.45) is 3.60. The van der Waals surface area contributed by atoms with Crippen LogP contribution in [0.5, 0.6) is 5.75 Å². The van der Waals surface area contributed by atoms with E-state index in [1.54, 1.807) is 50.4 Å². The third-order valence-corrected chi connectivity index (χ3v) is 14.5. The largest absolute Gasteiger partial charge is 0.508 e. The molecule has 2 aromatic rings. The summed E-state index contributed by atoms with van der Waals surface area (Å²) in [5.74, 6) is -2.70. The van der Waals surface area contributed by atoms with Crippen molar-refractivity contribution < 1.29 is 62.7 Å². The van der Waals surface area contributed by atoms with Gasteiger partial charge in [0.25, 0.3) is 5.91 Å². The molecule has 1 saturated heterocycles. The zero-order valence-corrected chi connectivity index (χ0v) is 47.4. The standard InChI is InChI=1S/C55H90N6O13S/c1-12-25-61(54(68)50(36(6)14-3)59-52(67)44-18-15-16-26-60(44)10)45(35(4)5)30-46(71-27-13-2)53-58-43(34-75-53)51(66)57-41(29-40-21-23-42(63)24-22-40)28-37(7)55(69)74-38(8)31-56-47(64)19-17-20-48(65)72-33-49(70-11)73-39(9)32-62/h21-24,34-39,41,44-46,49-50,62-63H,12-20,25-33H2,1-11H3,(H,56,64)(H,57,66)(H,59,67)/t36-,37-,38?,39?,41+,44+,45+,46+,49?,50-/m0/s1. The van der Waals surface area contributed by atoms with Gasteiger partial charge in [0.1, 0.15) is 41.3 Å². The van der Waals surface area contributed by atoms with Crippen molar-refractivity contribution in [2.45, 2.75) is 188 Å². The molecule has 1 aromatic heterocycles. The third kappa shape index (κ3) is 22.4. The summed E-state index contributed by atoms with van der Waals surface area (Å²) in [4.78, 5) is 89.7. The van der Waals surface area contributed by atoms with Crippen molar-refractivity contribution in [3.63, 3.8) is 0 Å². The maximum atomic E-state index is 14.8. The molecule has 4 amide bonds. The highest BCUT2D eigenvalue weighted by molar-refractivity contribution is 7.09. The molecule has 1 aliphatic rings. The summed E-state index contributed by atoms with van der Waals surface area (Å²) in [5.41, 5.74) is 0.999. The molecule has 10 atom stereocenters. The summed E-state index contributed by atoms with van der Waals surface area (Å²) >= 11 is 1.31. The van der Waals surface area contributed by atoms with E-state index in [1.165, 1.54) is 18.4 Å². The minimum absolute atomic E-state index is 0.0114. The number of amides is 4. The summed E-state index contributed by atoms with van der Waals surface area (Å²) in [7, 11) is 3.36. The molecule has 0 bridgehead atoms. The Balaban J connectivity index is 1.70. The Hall–Kier alpha value is -4.73. The minimum atomic E-state index is -0.832. The van der Waals surface area contributed by atoms with E-state index in [9.17, 15) is 33.9 Å². The van der Waals surface area contributed by atoms with E-state index in [4.69, 9.17) is 33.8 Å². The van der Waals surface area contributed by atoms with Crippen LogP contribution in [0.25, 0.3) is 0 Å². The Morgan fingerprint density at radius 3 is 2.28 bits per heavy atom. The molecule has 0 saturated carbocycles. The number of hydrogen-bond donors (Lipinski definition) is 5. The second-order valence-electron chi connectivity index (χ2n) is 20.4. The Bertz CT molecular complexity index is 2040. The van der Waals surface area contributed by atoms with E-state index < -0.39 is 60.4 Å². The third-order valence-electron chi connectivity index (χ3n) is 13.5. The van der Waals surface area contributed by atoms with Crippen molar-refractivity contribution in [1.82, 2.24) is 30.7 Å². The van der Waals surface area contributed by atoms with Crippen LogP contribution in [0.2, 0.25) is 0 Å². The first kappa shape index (κ1) is 64.6. The van der Waals surface area contributed by atoms with E-state index in [1.807, 2.05) is 39.6 Å². The van der Waals surface area contributed by atoms with Gasteiger partial charge in [-0.15, -0.1) is 11.3 Å². The number of likely N-dealkylation sites (tertiary alicyclic amines) is 1. The Labute approximate surface area is 449 Å². The summed E-state index contributed by atoms with van der Waals surface area (Å²) in [6, 6.07) is 4.82. The quantitative estimate of drug-likeness (QED) is 0.0366. The van der Waals surface area contributed by atoms with Gasteiger partial charge in [-0.2, -0.15) is 0 Å². The molecule has 19 nitrogen and oxygen atoms in total. The van der Waals surface area contributed by atoms with Gasteiger partial charge < -0.3 is 54.7 Å². The normalized spacial score (nSPS) is 17.6. The topological polar surface area (TPSA) is 244 Å². The Morgan fingerprint density at radius 2 is 1.65 bits per heavy atom. The number of carbonyl (C=O) groups is 6. The number of nitrogens with zero attached hydrogens (tertiary/aromatic N) is 3. The average Bonchev–Trinajstić information content (AvgIpc) is 3.89. The molecule has 20 heteroatoms. The molecule has 3 unspecified atom stereocenters. The molecule has 424 valence electrons. The van der Waals surface area contributed by atoms with Crippen LogP contribution in [0.1, 0.15) is 160 Å². The lowest BCUT2D eigenvalue weighted by Crippen LogP contribution is -2.58. The van der Waals surface area contributed by atoms with Crippen molar-refractivity contribution in [1.29, 1.82) is 0 Å². The number of aromatic hydroxyl groups is 1. The first-order chi connectivity index (χ1) is 35.7. The highest BCUT2D eigenvalue weighted by Gasteiger charge is 2.38. The number of esters is 2. The first-order valence-corrected chi connectivity index (χ1v) is 28.0. The van der Waals surface area contributed by atoms with E-state index >= 15 is 0 Å². The predicted octanol–water partition coefficient (Wildman–Crippen LogP) is 6.48. The molecule has 0 radical (unpaired) electrons. The number of aromatic nitrogens is 1. The van der Waals surface area contributed by atoms with Gasteiger partial charge >= 0.3 is 11.9 Å². The zero-order chi connectivity index (χ0) is 55.6. The van der Waals surface area contributed by atoms with Crippen LogP contribution in [0.15, 0.2) is 29.6 Å². The number of benzene rings is 1. The number of ether oxygens (including phenoxy) is 5. The highest BCUT2D eigenvalue weighted by atomic mass is 32.1.